The number of hydrogen-bond donors (Lipinski definition) is 2. The lowest BCUT2D eigenvalue weighted by atomic mass is 9.78. The molecule has 0 atom stereocenters. The normalized spacial score (nSPS) is 16.2. The molecule has 0 saturated carbocycles. The van der Waals surface area contributed by atoms with Crippen molar-refractivity contribution in [3.8, 4) is 5.75 Å². The Labute approximate surface area is 184 Å². The Bertz CT molecular complexity index is 1020. The van der Waals surface area contributed by atoms with E-state index >= 15 is 0 Å². The molecular formula is C26H32N2O3. The molecule has 3 amide bonds. The molecule has 3 rings (SSSR count). The Hall–Kier alpha value is -3.08. The van der Waals surface area contributed by atoms with Gasteiger partial charge in [-0.15, -0.1) is 0 Å². The van der Waals surface area contributed by atoms with Gasteiger partial charge in [-0.1, -0.05) is 71.4 Å². The average molecular weight is 421 g/mol. The Morgan fingerprint density at radius 3 is 1.94 bits per heavy atom. The van der Waals surface area contributed by atoms with Crippen LogP contribution in [0.5, 0.6) is 5.75 Å². The number of hydrogen-bond acceptors (Lipinski definition) is 3. The summed E-state index contributed by atoms with van der Waals surface area (Å²) < 4.78 is 0. The number of rotatable bonds is 3. The van der Waals surface area contributed by atoms with Gasteiger partial charge in [0.2, 0.25) is 0 Å². The second-order valence-electron chi connectivity index (χ2n) is 10.3. The van der Waals surface area contributed by atoms with Crippen molar-refractivity contribution in [2.24, 2.45) is 0 Å². The van der Waals surface area contributed by atoms with Gasteiger partial charge in [0, 0.05) is 11.1 Å². The van der Waals surface area contributed by atoms with Crippen LogP contribution in [0.3, 0.4) is 0 Å². The van der Waals surface area contributed by atoms with Gasteiger partial charge < -0.3 is 10.4 Å². The number of urea groups is 1. The van der Waals surface area contributed by atoms with Gasteiger partial charge in [0.15, 0.2) is 0 Å². The quantitative estimate of drug-likeness (QED) is 0.517. The predicted molar refractivity (Wildman–Crippen MR) is 124 cm³/mol. The number of nitrogens with zero attached hydrogens (tertiary/aromatic N) is 1. The first-order valence-corrected chi connectivity index (χ1v) is 10.6. The molecule has 1 aliphatic heterocycles. The van der Waals surface area contributed by atoms with E-state index in [0.717, 1.165) is 27.8 Å². The minimum absolute atomic E-state index is 0.221. The summed E-state index contributed by atoms with van der Waals surface area (Å²) in [4.78, 5) is 26.6. The van der Waals surface area contributed by atoms with Crippen molar-refractivity contribution in [3.05, 3.63) is 69.9 Å². The van der Waals surface area contributed by atoms with Crippen LogP contribution < -0.4 is 5.32 Å². The number of aromatic hydroxyl groups is 1. The highest BCUT2D eigenvalue weighted by atomic mass is 16.3. The Balaban J connectivity index is 1.98. The lowest BCUT2D eigenvalue weighted by molar-refractivity contribution is -0.123. The number of phenols is 1. The Morgan fingerprint density at radius 1 is 0.935 bits per heavy atom. The van der Waals surface area contributed by atoms with Gasteiger partial charge in [-0.3, -0.25) is 9.69 Å². The monoisotopic (exact) mass is 420 g/mol. The maximum atomic E-state index is 12.9. The lowest BCUT2D eigenvalue weighted by Gasteiger charge is -2.28. The van der Waals surface area contributed by atoms with Crippen LogP contribution in [0.4, 0.5) is 4.79 Å². The summed E-state index contributed by atoms with van der Waals surface area (Å²) in [5, 5.41) is 13.6. The van der Waals surface area contributed by atoms with Crippen LogP contribution >= 0.6 is 0 Å². The van der Waals surface area contributed by atoms with Gasteiger partial charge in [-0.25, -0.2) is 4.79 Å². The van der Waals surface area contributed by atoms with Crippen molar-refractivity contribution in [1.82, 2.24) is 10.2 Å². The third-order valence-electron chi connectivity index (χ3n) is 5.48. The molecule has 1 heterocycles. The third kappa shape index (κ3) is 4.82. The van der Waals surface area contributed by atoms with E-state index in [-0.39, 0.29) is 34.7 Å². The third-order valence-corrected chi connectivity index (χ3v) is 5.48. The fourth-order valence-electron chi connectivity index (χ4n) is 3.64. The first kappa shape index (κ1) is 22.6. The summed E-state index contributed by atoms with van der Waals surface area (Å²) in [5.41, 5.74) is 4.08. The van der Waals surface area contributed by atoms with E-state index in [1.165, 1.54) is 4.90 Å². The van der Waals surface area contributed by atoms with Gasteiger partial charge in [0.1, 0.15) is 11.4 Å². The van der Waals surface area contributed by atoms with Crippen molar-refractivity contribution in [2.75, 3.05) is 0 Å². The summed E-state index contributed by atoms with van der Waals surface area (Å²) in [6, 6.07) is 11.1. The second-order valence-corrected chi connectivity index (χ2v) is 10.3. The summed E-state index contributed by atoms with van der Waals surface area (Å²) in [6.45, 7) is 14.4. The van der Waals surface area contributed by atoms with E-state index in [1.54, 1.807) is 6.08 Å². The SMILES string of the molecule is Cc1ccc(CN2C(=O)N/C(=C/c3cc(C(C)(C)C)c(O)c(C(C)(C)C)c3)C2=O)cc1. The highest BCUT2D eigenvalue weighted by molar-refractivity contribution is 6.13. The van der Waals surface area contributed by atoms with Crippen molar-refractivity contribution < 1.29 is 14.7 Å². The van der Waals surface area contributed by atoms with E-state index in [0.29, 0.717) is 0 Å². The first-order valence-electron chi connectivity index (χ1n) is 10.6. The molecule has 0 aliphatic carbocycles. The van der Waals surface area contributed by atoms with Crippen LogP contribution in [0.15, 0.2) is 42.1 Å². The van der Waals surface area contributed by atoms with Crippen LogP contribution in [-0.4, -0.2) is 21.9 Å². The zero-order valence-electron chi connectivity index (χ0n) is 19.5. The molecule has 5 heteroatoms. The van der Waals surface area contributed by atoms with Crippen LogP contribution in [-0.2, 0) is 22.2 Å². The number of amides is 3. The predicted octanol–water partition coefficient (Wildman–Crippen LogP) is 5.39. The zero-order valence-corrected chi connectivity index (χ0v) is 19.5. The van der Waals surface area contributed by atoms with Gasteiger partial charge in [0.05, 0.1) is 6.54 Å². The highest BCUT2D eigenvalue weighted by Gasteiger charge is 2.34. The van der Waals surface area contributed by atoms with E-state index in [1.807, 2.05) is 84.9 Å². The smallest absolute Gasteiger partial charge is 0.329 e. The van der Waals surface area contributed by atoms with Crippen LogP contribution in [0.25, 0.3) is 6.08 Å². The topological polar surface area (TPSA) is 69.6 Å². The fraction of sp³-hybridized carbons (Fsp3) is 0.385. The molecule has 164 valence electrons. The molecule has 1 fully saturated rings. The standard InChI is InChI=1S/C26H32N2O3/c1-16-8-10-17(11-9-16)15-28-23(30)21(27-24(28)31)14-18-12-19(25(2,3)4)22(29)20(13-18)26(5,6)7/h8-14,29H,15H2,1-7H3,(H,27,31)/b21-14+. The number of imide groups is 1. The van der Waals surface area contributed by atoms with Crippen LogP contribution in [0.1, 0.15) is 69.4 Å². The minimum atomic E-state index is -0.428. The van der Waals surface area contributed by atoms with E-state index in [9.17, 15) is 14.7 Å². The van der Waals surface area contributed by atoms with Crippen LogP contribution in [0.2, 0.25) is 0 Å². The molecule has 1 aliphatic rings. The molecule has 5 nitrogen and oxygen atoms in total. The molecule has 0 unspecified atom stereocenters. The Kier molecular flexibility index (Phi) is 5.74. The second kappa shape index (κ2) is 7.88. The highest BCUT2D eigenvalue weighted by Crippen LogP contribution is 2.40. The van der Waals surface area contributed by atoms with Crippen LogP contribution in [0, 0.1) is 6.92 Å². The molecule has 2 aromatic carbocycles. The first-order chi connectivity index (χ1) is 14.3. The van der Waals surface area contributed by atoms with Crippen molar-refractivity contribution in [1.29, 1.82) is 0 Å². The number of aryl methyl sites for hydroxylation is 1. The molecule has 0 radical (unpaired) electrons. The van der Waals surface area contributed by atoms with Gasteiger partial charge in [0.25, 0.3) is 5.91 Å². The molecular weight excluding hydrogens is 388 g/mol. The molecule has 0 spiro atoms. The molecule has 1 saturated heterocycles. The molecule has 0 bridgehead atoms. The number of nitrogens with one attached hydrogen (secondary N) is 1. The van der Waals surface area contributed by atoms with E-state index in [4.69, 9.17) is 0 Å². The molecule has 31 heavy (non-hydrogen) atoms. The van der Waals surface area contributed by atoms with Crippen molar-refractivity contribution in [2.45, 2.75) is 65.8 Å². The molecule has 2 N–H and O–H groups in total. The summed E-state index contributed by atoms with van der Waals surface area (Å²) in [5.74, 6) is -0.0711. The summed E-state index contributed by atoms with van der Waals surface area (Å²) in [7, 11) is 0. The van der Waals surface area contributed by atoms with Gasteiger partial charge in [-0.05, 0) is 47.1 Å². The zero-order chi connectivity index (χ0) is 23.1. The maximum Gasteiger partial charge on any atom is 0.329 e. The van der Waals surface area contributed by atoms with E-state index in [2.05, 4.69) is 5.32 Å². The average Bonchev–Trinajstić information content (AvgIpc) is 2.90. The number of carbonyl (C=O) groups is 2. The van der Waals surface area contributed by atoms with Gasteiger partial charge >= 0.3 is 6.03 Å². The summed E-state index contributed by atoms with van der Waals surface area (Å²) >= 11 is 0. The number of benzene rings is 2. The number of phenolic OH excluding ortho intramolecular Hbond substituents is 1. The fourth-order valence-corrected chi connectivity index (χ4v) is 3.64. The lowest BCUT2D eigenvalue weighted by Crippen LogP contribution is -2.30. The van der Waals surface area contributed by atoms with Gasteiger partial charge in [-0.2, -0.15) is 0 Å². The van der Waals surface area contributed by atoms with Crippen molar-refractivity contribution >= 4 is 18.0 Å². The largest absolute Gasteiger partial charge is 0.507 e. The number of carbonyl (C=O) groups excluding carboxylic acids is 2. The Morgan fingerprint density at radius 2 is 1.45 bits per heavy atom. The molecule has 0 aromatic heterocycles. The molecule has 2 aromatic rings. The van der Waals surface area contributed by atoms with E-state index < -0.39 is 6.03 Å². The maximum absolute atomic E-state index is 12.9. The summed E-state index contributed by atoms with van der Waals surface area (Å²) in [6.07, 6.45) is 1.69. The minimum Gasteiger partial charge on any atom is -0.507 e. The van der Waals surface area contributed by atoms with Crippen molar-refractivity contribution in [3.63, 3.8) is 0 Å².